The van der Waals surface area contributed by atoms with Gasteiger partial charge in [-0.15, -0.1) is 0 Å². The summed E-state index contributed by atoms with van der Waals surface area (Å²) in [6.45, 7) is 1.86. The highest BCUT2D eigenvalue weighted by atomic mass is 32.2. The highest BCUT2D eigenvalue weighted by Crippen LogP contribution is 2.27. The standard InChI is InChI=1S/C14H15N3O4S/c1-9-5-11(16-21-9)8-17(2)22(19,20)12-3-4-13-10(6-12)7-14(18)15-13/h3-6H,7-8H2,1-2H3,(H,15,18). The monoisotopic (exact) mass is 321 g/mol. The number of hydrogen-bond donors (Lipinski definition) is 1. The molecule has 0 unspecified atom stereocenters. The van der Waals surface area contributed by atoms with Gasteiger partial charge in [-0.25, -0.2) is 8.42 Å². The van der Waals surface area contributed by atoms with E-state index in [1.165, 1.54) is 23.5 Å². The van der Waals surface area contributed by atoms with Crippen LogP contribution in [0.25, 0.3) is 0 Å². The number of nitrogens with zero attached hydrogens (tertiary/aromatic N) is 2. The molecule has 0 atom stereocenters. The lowest BCUT2D eigenvalue weighted by Gasteiger charge is -2.16. The number of fused-ring (bicyclic) bond motifs is 1. The fraction of sp³-hybridized carbons (Fsp3) is 0.286. The predicted molar refractivity (Wildman–Crippen MR) is 78.7 cm³/mol. The predicted octanol–water partition coefficient (Wildman–Crippen LogP) is 1.30. The average molecular weight is 321 g/mol. The maximum atomic E-state index is 12.6. The number of sulfonamides is 1. The smallest absolute Gasteiger partial charge is 0.243 e. The summed E-state index contributed by atoms with van der Waals surface area (Å²) in [4.78, 5) is 11.5. The molecule has 0 radical (unpaired) electrons. The van der Waals surface area contributed by atoms with Crippen molar-refractivity contribution in [2.75, 3.05) is 12.4 Å². The van der Waals surface area contributed by atoms with E-state index in [-0.39, 0.29) is 23.8 Å². The van der Waals surface area contributed by atoms with Crippen molar-refractivity contribution in [3.05, 3.63) is 41.3 Å². The molecule has 8 heteroatoms. The van der Waals surface area contributed by atoms with E-state index >= 15 is 0 Å². The van der Waals surface area contributed by atoms with E-state index in [2.05, 4.69) is 10.5 Å². The van der Waals surface area contributed by atoms with Crippen LogP contribution >= 0.6 is 0 Å². The molecule has 7 nitrogen and oxygen atoms in total. The lowest BCUT2D eigenvalue weighted by Crippen LogP contribution is -2.26. The van der Waals surface area contributed by atoms with Gasteiger partial charge in [-0.1, -0.05) is 5.16 Å². The lowest BCUT2D eigenvalue weighted by molar-refractivity contribution is -0.115. The zero-order valence-electron chi connectivity index (χ0n) is 12.2. The Balaban J connectivity index is 1.86. The molecule has 1 amide bonds. The van der Waals surface area contributed by atoms with E-state index < -0.39 is 10.0 Å². The Bertz CT molecular complexity index is 842. The van der Waals surface area contributed by atoms with Crippen molar-refractivity contribution in [3.63, 3.8) is 0 Å². The van der Waals surface area contributed by atoms with E-state index in [9.17, 15) is 13.2 Å². The summed E-state index contributed by atoms with van der Waals surface area (Å²) in [5.74, 6) is 0.499. The molecular weight excluding hydrogens is 306 g/mol. The third-order valence-electron chi connectivity index (χ3n) is 3.47. The summed E-state index contributed by atoms with van der Waals surface area (Å²) >= 11 is 0. The molecular formula is C14H15N3O4S. The molecule has 116 valence electrons. The number of carbonyl (C=O) groups excluding carboxylic acids is 1. The highest BCUT2D eigenvalue weighted by molar-refractivity contribution is 7.89. The Morgan fingerprint density at radius 2 is 2.14 bits per heavy atom. The molecule has 1 aliphatic rings. The van der Waals surface area contributed by atoms with Crippen molar-refractivity contribution in [2.45, 2.75) is 24.8 Å². The fourth-order valence-electron chi connectivity index (χ4n) is 2.35. The first-order valence-corrected chi connectivity index (χ1v) is 8.11. The second-order valence-electron chi connectivity index (χ2n) is 5.23. The Kier molecular flexibility index (Phi) is 3.50. The molecule has 2 heterocycles. The van der Waals surface area contributed by atoms with Gasteiger partial charge in [0.2, 0.25) is 15.9 Å². The quantitative estimate of drug-likeness (QED) is 0.916. The van der Waals surface area contributed by atoms with Crippen molar-refractivity contribution in [3.8, 4) is 0 Å². The minimum Gasteiger partial charge on any atom is -0.361 e. The summed E-state index contributed by atoms with van der Waals surface area (Å²) in [5.41, 5.74) is 1.90. The van der Waals surface area contributed by atoms with Gasteiger partial charge in [0.15, 0.2) is 0 Å². The van der Waals surface area contributed by atoms with Crippen molar-refractivity contribution in [1.29, 1.82) is 0 Å². The third-order valence-corrected chi connectivity index (χ3v) is 5.27. The molecule has 0 saturated carbocycles. The van der Waals surface area contributed by atoms with Crippen LogP contribution in [0.4, 0.5) is 5.69 Å². The average Bonchev–Trinajstić information content (AvgIpc) is 3.02. The molecule has 2 aromatic rings. The molecule has 22 heavy (non-hydrogen) atoms. The van der Waals surface area contributed by atoms with Crippen LogP contribution in [0.2, 0.25) is 0 Å². The zero-order chi connectivity index (χ0) is 15.9. The van der Waals surface area contributed by atoms with Gasteiger partial charge in [0.25, 0.3) is 0 Å². The minimum atomic E-state index is -3.65. The van der Waals surface area contributed by atoms with Crippen LogP contribution in [-0.4, -0.2) is 30.8 Å². The molecule has 1 N–H and O–H groups in total. The number of hydrogen-bond acceptors (Lipinski definition) is 5. The number of aromatic nitrogens is 1. The topological polar surface area (TPSA) is 92.5 Å². The van der Waals surface area contributed by atoms with Gasteiger partial charge in [0.1, 0.15) is 5.76 Å². The minimum absolute atomic E-state index is 0.119. The van der Waals surface area contributed by atoms with Crippen molar-refractivity contribution >= 4 is 21.6 Å². The number of rotatable bonds is 4. The maximum absolute atomic E-state index is 12.6. The maximum Gasteiger partial charge on any atom is 0.243 e. The van der Waals surface area contributed by atoms with Crippen LogP contribution in [0.1, 0.15) is 17.0 Å². The fourth-order valence-corrected chi connectivity index (χ4v) is 3.54. The molecule has 1 aromatic carbocycles. The van der Waals surface area contributed by atoms with Crippen molar-refractivity contribution in [1.82, 2.24) is 9.46 Å². The van der Waals surface area contributed by atoms with Crippen LogP contribution in [0.3, 0.4) is 0 Å². The van der Waals surface area contributed by atoms with E-state index in [0.29, 0.717) is 22.7 Å². The number of nitrogens with one attached hydrogen (secondary N) is 1. The van der Waals surface area contributed by atoms with E-state index in [1.54, 1.807) is 19.1 Å². The number of carbonyl (C=O) groups is 1. The largest absolute Gasteiger partial charge is 0.361 e. The van der Waals surface area contributed by atoms with Crippen molar-refractivity contribution < 1.29 is 17.7 Å². The SMILES string of the molecule is Cc1cc(CN(C)S(=O)(=O)c2ccc3c(c2)CC(=O)N3)no1. The van der Waals surface area contributed by atoms with E-state index in [4.69, 9.17) is 4.52 Å². The molecule has 0 saturated heterocycles. The van der Waals surface area contributed by atoms with Crippen LogP contribution in [0.15, 0.2) is 33.7 Å². The highest BCUT2D eigenvalue weighted by Gasteiger charge is 2.25. The number of aryl methyl sites for hydroxylation is 1. The van der Waals surface area contributed by atoms with Gasteiger partial charge in [0, 0.05) is 18.8 Å². The summed E-state index contributed by atoms with van der Waals surface area (Å²) in [5, 5.41) is 6.47. The number of amides is 1. The molecule has 3 rings (SSSR count). The summed E-state index contributed by atoms with van der Waals surface area (Å²) in [7, 11) is -2.17. The van der Waals surface area contributed by atoms with E-state index in [0.717, 1.165) is 0 Å². The molecule has 0 bridgehead atoms. The van der Waals surface area contributed by atoms with Crippen LogP contribution < -0.4 is 5.32 Å². The Morgan fingerprint density at radius 3 is 2.82 bits per heavy atom. The first-order chi connectivity index (χ1) is 10.4. The molecule has 1 aromatic heterocycles. The normalized spacial score (nSPS) is 14.2. The molecule has 0 spiro atoms. The number of benzene rings is 1. The van der Waals surface area contributed by atoms with Crippen LogP contribution in [0.5, 0.6) is 0 Å². The molecule has 0 aliphatic carbocycles. The Morgan fingerprint density at radius 1 is 1.36 bits per heavy atom. The van der Waals surface area contributed by atoms with Crippen LogP contribution in [0, 0.1) is 6.92 Å². The zero-order valence-corrected chi connectivity index (χ0v) is 13.0. The Hall–Kier alpha value is -2.19. The first kappa shape index (κ1) is 14.7. The van der Waals surface area contributed by atoms with Crippen molar-refractivity contribution in [2.24, 2.45) is 0 Å². The van der Waals surface area contributed by atoms with Gasteiger partial charge >= 0.3 is 0 Å². The van der Waals surface area contributed by atoms with Gasteiger partial charge in [0.05, 0.1) is 23.6 Å². The second kappa shape index (κ2) is 5.22. The van der Waals surface area contributed by atoms with Gasteiger partial charge in [-0.05, 0) is 30.7 Å². The second-order valence-corrected chi connectivity index (χ2v) is 7.28. The summed E-state index contributed by atoms with van der Waals surface area (Å²) < 4.78 is 31.3. The summed E-state index contributed by atoms with van der Waals surface area (Å²) in [6.07, 6.45) is 0.199. The molecule has 1 aliphatic heterocycles. The number of anilines is 1. The van der Waals surface area contributed by atoms with Gasteiger partial charge < -0.3 is 9.84 Å². The first-order valence-electron chi connectivity index (χ1n) is 6.67. The third kappa shape index (κ3) is 2.62. The lowest BCUT2D eigenvalue weighted by atomic mass is 10.2. The van der Waals surface area contributed by atoms with Gasteiger partial charge in [-0.3, -0.25) is 4.79 Å². The Labute approximate surface area is 128 Å². The van der Waals surface area contributed by atoms with Crippen LogP contribution in [-0.2, 0) is 27.8 Å². The van der Waals surface area contributed by atoms with Gasteiger partial charge in [-0.2, -0.15) is 4.31 Å². The van der Waals surface area contributed by atoms with E-state index in [1.807, 2.05) is 0 Å². The summed E-state index contributed by atoms with van der Waals surface area (Å²) in [6, 6.07) is 6.33. The molecule has 0 fully saturated rings.